The van der Waals surface area contributed by atoms with Crippen LogP contribution >= 0.6 is 15.9 Å². The van der Waals surface area contributed by atoms with Crippen molar-refractivity contribution in [3.63, 3.8) is 0 Å². The maximum Gasteiger partial charge on any atom is 0.224 e. The summed E-state index contributed by atoms with van der Waals surface area (Å²) in [6.07, 6.45) is 1.04. The Morgan fingerprint density at radius 1 is 1.50 bits per heavy atom. The summed E-state index contributed by atoms with van der Waals surface area (Å²) in [5.41, 5.74) is 6.13. The van der Waals surface area contributed by atoms with Crippen LogP contribution in [0, 0.1) is 11.7 Å². The third-order valence-electron chi connectivity index (χ3n) is 3.10. The molecule has 1 rings (SSSR count). The van der Waals surface area contributed by atoms with Crippen LogP contribution in [-0.2, 0) is 11.2 Å². The largest absolute Gasteiger partial charge is 0.349 e. The zero-order valence-corrected chi connectivity index (χ0v) is 13.8. The Hall–Kier alpha value is -0.940. The molecule has 0 aliphatic heterocycles. The number of rotatable bonds is 6. The van der Waals surface area contributed by atoms with E-state index in [1.54, 1.807) is 12.1 Å². The highest BCUT2D eigenvalue weighted by atomic mass is 79.9. The zero-order chi connectivity index (χ0) is 15.3. The average Bonchev–Trinajstić information content (AvgIpc) is 2.32. The van der Waals surface area contributed by atoms with Crippen molar-refractivity contribution in [3.05, 3.63) is 34.1 Å². The van der Waals surface area contributed by atoms with Crippen molar-refractivity contribution in [1.82, 2.24) is 5.32 Å². The number of carbonyl (C=O) groups is 1. The van der Waals surface area contributed by atoms with Gasteiger partial charge in [0.05, 0.1) is 10.9 Å². The van der Waals surface area contributed by atoms with Crippen LogP contribution in [-0.4, -0.2) is 18.0 Å². The molecule has 3 nitrogen and oxygen atoms in total. The van der Waals surface area contributed by atoms with Crippen LogP contribution in [0.5, 0.6) is 0 Å². The molecule has 20 heavy (non-hydrogen) atoms. The van der Waals surface area contributed by atoms with E-state index in [-0.39, 0.29) is 18.1 Å². The molecular formula is C15H22BrFN2O. The molecule has 1 aromatic carbocycles. The van der Waals surface area contributed by atoms with E-state index in [9.17, 15) is 9.18 Å². The van der Waals surface area contributed by atoms with Crippen molar-refractivity contribution in [1.29, 1.82) is 0 Å². The van der Waals surface area contributed by atoms with Gasteiger partial charge in [-0.15, -0.1) is 0 Å². The normalized spacial score (nSPS) is 14.2. The number of nitrogens with one attached hydrogen (secondary N) is 1. The topological polar surface area (TPSA) is 55.1 Å². The van der Waals surface area contributed by atoms with E-state index < -0.39 is 5.54 Å². The van der Waals surface area contributed by atoms with Crippen LogP contribution in [0.2, 0.25) is 0 Å². The molecule has 5 heteroatoms. The van der Waals surface area contributed by atoms with Gasteiger partial charge in [0.1, 0.15) is 5.82 Å². The first kappa shape index (κ1) is 17.1. The van der Waals surface area contributed by atoms with Crippen LogP contribution in [0.25, 0.3) is 0 Å². The summed E-state index contributed by atoms with van der Waals surface area (Å²) < 4.78 is 13.5. The lowest BCUT2D eigenvalue weighted by Crippen LogP contribution is -2.52. The molecule has 0 spiro atoms. The van der Waals surface area contributed by atoms with E-state index >= 15 is 0 Å². The third kappa shape index (κ3) is 5.21. The standard InChI is InChI=1S/C15H22BrFN2O/c1-10(2)8-15(3,9-18)19-14(20)7-11-4-5-13(17)12(16)6-11/h4-6,10H,7-9,18H2,1-3H3,(H,19,20). The van der Waals surface area contributed by atoms with Crippen molar-refractivity contribution in [2.24, 2.45) is 11.7 Å². The Kier molecular flexibility index (Phi) is 6.14. The number of halogens is 2. The summed E-state index contributed by atoms with van der Waals surface area (Å²) in [5, 5.41) is 2.98. The smallest absolute Gasteiger partial charge is 0.224 e. The number of carbonyl (C=O) groups excluding carboxylic acids is 1. The van der Waals surface area contributed by atoms with E-state index in [1.807, 2.05) is 6.92 Å². The molecule has 0 bridgehead atoms. The van der Waals surface area contributed by atoms with E-state index in [0.29, 0.717) is 16.9 Å². The van der Waals surface area contributed by atoms with E-state index in [1.165, 1.54) is 6.07 Å². The Labute approximate surface area is 128 Å². The molecule has 1 amide bonds. The molecule has 0 fully saturated rings. The van der Waals surface area contributed by atoms with Crippen molar-refractivity contribution in [3.8, 4) is 0 Å². The highest BCUT2D eigenvalue weighted by molar-refractivity contribution is 9.10. The fraction of sp³-hybridized carbons (Fsp3) is 0.533. The minimum Gasteiger partial charge on any atom is -0.349 e. The molecular weight excluding hydrogens is 323 g/mol. The van der Waals surface area contributed by atoms with Crippen LogP contribution in [0.1, 0.15) is 32.8 Å². The van der Waals surface area contributed by atoms with Gasteiger partial charge in [0.25, 0.3) is 0 Å². The molecule has 0 radical (unpaired) electrons. The molecule has 1 aromatic rings. The molecule has 0 saturated heterocycles. The molecule has 1 atom stereocenters. The maximum atomic E-state index is 13.1. The Morgan fingerprint density at radius 2 is 2.15 bits per heavy atom. The monoisotopic (exact) mass is 344 g/mol. The van der Waals surface area contributed by atoms with Crippen LogP contribution in [0.15, 0.2) is 22.7 Å². The van der Waals surface area contributed by atoms with Crippen molar-refractivity contribution >= 4 is 21.8 Å². The lowest BCUT2D eigenvalue weighted by Gasteiger charge is -2.31. The maximum absolute atomic E-state index is 13.1. The van der Waals surface area contributed by atoms with Gasteiger partial charge in [0.2, 0.25) is 5.91 Å². The van der Waals surface area contributed by atoms with Crippen molar-refractivity contribution < 1.29 is 9.18 Å². The molecule has 0 saturated carbocycles. The fourth-order valence-electron chi connectivity index (χ4n) is 2.30. The van der Waals surface area contributed by atoms with Gasteiger partial charge in [-0.1, -0.05) is 19.9 Å². The predicted octanol–water partition coefficient (Wildman–Crippen LogP) is 3.01. The number of benzene rings is 1. The zero-order valence-electron chi connectivity index (χ0n) is 12.2. The van der Waals surface area contributed by atoms with Gasteiger partial charge < -0.3 is 11.1 Å². The fourth-order valence-corrected chi connectivity index (χ4v) is 2.73. The molecule has 0 aliphatic carbocycles. The first-order chi connectivity index (χ1) is 9.25. The predicted molar refractivity (Wildman–Crippen MR) is 82.9 cm³/mol. The van der Waals surface area contributed by atoms with Gasteiger partial charge >= 0.3 is 0 Å². The summed E-state index contributed by atoms with van der Waals surface area (Å²) in [6.45, 7) is 6.53. The second-order valence-electron chi connectivity index (χ2n) is 5.84. The number of hydrogen-bond donors (Lipinski definition) is 2. The van der Waals surface area contributed by atoms with Crippen molar-refractivity contribution in [2.75, 3.05) is 6.54 Å². The average molecular weight is 345 g/mol. The van der Waals surface area contributed by atoms with Crippen molar-refractivity contribution in [2.45, 2.75) is 39.2 Å². The Morgan fingerprint density at radius 3 is 2.65 bits per heavy atom. The first-order valence-corrected chi connectivity index (χ1v) is 7.50. The highest BCUT2D eigenvalue weighted by Gasteiger charge is 2.25. The number of amides is 1. The van der Waals surface area contributed by atoms with Gasteiger partial charge in [-0.3, -0.25) is 4.79 Å². The molecule has 112 valence electrons. The van der Waals surface area contributed by atoms with Crippen LogP contribution < -0.4 is 11.1 Å². The summed E-state index contributed by atoms with van der Waals surface area (Å²) in [7, 11) is 0. The highest BCUT2D eigenvalue weighted by Crippen LogP contribution is 2.18. The molecule has 0 aliphatic rings. The van der Waals surface area contributed by atoms with Gasteiger partial charge in [-0.25, -0.2) is 4.39 Å². The lowest BCUT2D eigenvalue weighted by molar-refractivity contribution is -0.122. The minimum atomic E-state index is -0.400. The van der Waals surface area contributed by atoms with Crippen LogP contribution in [0.3, 0.4) is 0 Å². The van der Waals surface area contributed by atoms with E-state index in [2.05, 4.69) is 35.1 Å². The molecule has 1 unspecified atom stereocenters. The number of nitrogens with two attached hydrogens (primary N) is 1. The third-order valence-corrected chi connectivity index (χ3v) is 3.71. The molecule has 3 N–H and O–H groups in total. The van der Waals surface area contributed by atoms with Gasteiger partial charge in [0.15, 0.2) is 0 Å². The second-order valence-corrected chi connectivity index (χ2v) is 6.69. The lowest BCUT2D eigenvalue weighted by atomic mass is 9.90. The van der Waals surface area contributed by atoms with Gasteiger partial charge in [0, 0.05) is 12.1 Å². The number of hydrogen-bond acceptors (Lipinski definition) is 2. The Bertz CT molecular complexity index is 479. The van der Waals surface area contributed by atoms with Gasteiger partial charge in [-0.2, -0.15) is 0 Å². The van der Waals surface area contributed by atoms with Crippen LogP contribution in [0.4, 0.5) is 4.39 Å². The second kappa shape index (κ2) is 7.18. The minimum absolute atomic E-state index is 0.0999. The van der Waals surface area contributed by atoms with E-state index in [4.69, 9.17) is 5.73 Å². The summed E-state index contributed by atoms with van der Waals surface area (Å²) in [5.74, 6) is 0.0155. The summed E-state index contributed by atoms with van der Waals surface area (Å²) in [6, 6.07) is 4.59. The van der Waals surface area contributed by atoms with Gasteiger partial charge in [-0.05, 0) is 52.9 Å². The first-order valence-electron chi connectivity index (χ1n) is 6.71. The molecule has 0 aromatic heterocycles. The summed E-state index contributed by atoms with van der Waals surface area (Å²) >= 11 is 3.12. The Balaban J connectivity index is 2.68. The summed E-state index contributed by atoms with van der Waals surface area (Å²) in [4.78, 5) is 12.1. The molecule has 0 heterocycles. The quantitative estimate of drug-likeness (QED) is 0.833. The SMILES string of the molecule is CC(C)CC(C)(CN)NC(=O)Cc1ccc(F)c(Br)c1. The van der Waals surface area contributed by atoms with E-state index in [0.717, 1.165) is 12.0 Å².